The molecule has 0 spiro atoms. The molecule has 0 bridgehead atoms. The summed E-state index contributed by atoms with van der Waals surface area (Å²) in [5.41, 5.74) is 3.02. The number of H-pyrrole nitrogens is 1. The van der Waals surface area contributed by atoms with Gasteiger partial charge in [-0.15, -0.1) is 10.2 Å². The van der Waals surface area contributed by atoms with Gasteiger partial charge in [-0.1, -0.05) is 18.2 Å². The quantitative estimate of drug-likeness (QED) is 0.676. The first-order valence-corrected chi connectivity index (χ1v) is 5.88. The average Bonchev–Trinajstić information content (AvgIpc) is 2.75. The molecule has 0 saturated heterocycles. The molecule has 2 N–H and O–H groups in total. The Morgan fingerprint density at radius 1 is 1.16 bits per heavy atom. The molecule has 2 heterocycles. The van der Waals surface area contributed by atoms with Gasteiger partial charge in [0.15, 0.2) is 5.69 Å². The Balaban J connectivity index is 2.09. The summed E-state index contributed by atoms with van der Waals surface area (Å²) in [5.74, 6) is 0.0249. The Morgan fingerprint density at radius 3 is 2.84 bits per heavy atom. The Bertz CT molecular complexity index is 747. The standard InChI is InChI=1S/C14H12N4O/c1-9-4-2-6-11-12(9)16-14(19)13(11)18-17-10-5-3-7-15-8-10/h2-8,16,19H,1H3. The second-order valence-electron chi connectivity index (χ2n) is 4.23. The van der Waals surface area contributed by atoms with Gasteiger partial charge in [-0.05, 0) is 24.6 Å². The van der Waals surface area contributed by atoms with Crippen molar-refractivity contribution < 1.29 is 5.11 Å². The third kappa shape index (κ3) is 2.06. The van der Waals surface area contributed by atoms with E-state index >= 15 is 0 Å². The summed E-state index contributed by atoms with van der Waals surface area (Å²) >= 11 is 0. The van der Waals surface area contributed by atoms with Crippen LogP contribution in [0.1, 0.15) is 5.56 Å². The van der Waals surface area contributed by atoms with Crippen molar-refractivity contribution in [3.05, 3.63) is 48.3 Å². The Kier molecular flexibility index (Phi) is 2.72. The van der Waals surface area contributed by atoms with Crippen molar-refractivity contribution >= 4 is 22.3 Å². The highest BCUT2D eigenvalue weighted by atomic mass is 16.3. The number of nitrogens with zero attached hydrogens (tertiary/aromatic N) is 3. The molecule has 0 fully saturated rings. The monoisotopic (exact) mass is 252 g/mol. The molecular formula is C14H12N4O. The molecule has 0 amide bonds. The summed E-state index contributed by atoms with van der Waals surface area (Å²) in [6, 6.07) is 9.38. The molecule has 3 aromatic rings. The number of para-hydroxylation sites is 1. The van der Waals surface area contributed by atoms with Crippen LogP contribution >= 0.6 is 0 Å². The first-order chi connectivity index (χ1) is 9.25. The summed E-state index contributed by atoms with van der Waals surface area (Å²) in [6.45, 7) is 1.97. The maximum absolute atomic E-state index is 9.91. The third-order valence-corrected chi connectivity index (χ3v) is 2.91. The minimum absolute atomic E-state index is 0.0249. The molecule has 0 aliphatic heterocycles. The topological polar surface area (TPSA) is 73.6 Å². The van der Waals surface area contributed by atoms with Crippen LogP contribution in [0.5, 0.6) is 5.88 Å². The van der Waals surface area contributed by atoms with Gasteiger partial charge in [-0.25, -0.2) is 0 Å². The molecule has 5 heteroatoms. The van der Waals surface area contributed by atoms with Gasteiger partial charge in [0, 0.05) is 11.6 Å². The molecule has 0 aliphatic carbocycles. The maximum atomic E-state index is 9.91. The van der Waals surface area contributed by atoms with Crippen LogP contribution in [0, 0.1) is 6.92 Å². The number of aromatic amines is 1. The van der Waals surface area contributed by atoms with Gasteiger partial charge in [0.1, 0.15) is 5.69 Å². The lowest BCUT2D eigenvalue weighted by Crippen LogP contribution is -1.73. The molecule has 2 aromatic heterocycles. The predicted octanol–water partition coefficient (Wildman–Crippen LogP) is 3.99. The molecule has 94 valence electrons. The van der Waals surface area contributed by atoms with Crippen molar-refractivity contribution in [3.8, 4) is 5.88 Å². The fourth-order valence-electron chi connectivity index (χ4n) is 1.96. The van der Waals surface area contributed by atoms with Crippen LogP contribution in [0.4, 0.5) is 11.4 Å². The van der Waals surface area contributed by atoms with Crippen LogP contribution in [0.25, 0.3) is 10.9 Å². The fourth-order valence-corrected chi connectivity index (χ4v) is 1.96. The zero-order chi connectivity index (χ0) is 13.2. The first-order valence-electron chi connectivity index (χ1n) is 5.88. The third-order valence-electron chi connectivity index (χ3n) is 2.91. The molecule has 0 radical (unpaired) electrons. The molecule has 19 heavy (non-hydrogen) atoms. The van der Waals surface area contributed by atoms with Crippen molar-refractivity contribution in [1.82, 2.24) is 9.97 Å². The molecule has 3 rings (SSSR count). The van der Waals surface area contributed by atoms with Crippen LogP contribution in [0.2, 0.25) is 0 Å². The number of fused-ring (bicyclic) bond motifs is 1. The van der Waals surface area contributed by atoms with E-state index in [1.807, 2.05) is 25.1 Å². The summed E-state index contributed by atoms with van der Waals surface area (Å²) < 4.78 is 0. The van der Waals surface area contributed by atoms with Crippen molar-refractivity contribution in [2.24, 2.45) is 10.2 Å². The number of aryl methyl sites for hydroxylation is 1. The average molecular weight is 252 g/mol. The lowest BCUT2D eigenvalue weighted by atomic mass is 10.1. The molecule has 5 nitrogen and oxygen atoms in total. The maximum Gasteiger partial charge on any atom is 0.218 e. The van der Waals surface area contributed by atoms with Gasteiger partial charge in [-0.2, -0.15) is 0 Å². The number of pyridine rings is 1. The second-order valence-corrected chi connectivity index (χ2v) is 4.23. The zero-order valence-electron chi connectivity index (χ0n) is 10.3. The van der Waals surface area contributed by atoms with E-state index in [2.05, 4.69) is 20.2 Å². The first kappa shape index (κ1) is 11.4. The van der Waals surface area contributed by atoms with E-state index in [-0.39, 0.29) is 5.88 Å². The number of rotatable bonds is 2. The van der Waals surface area contributed by atoms with E-state index in [9.17, 15) is 5.11 Å². The minimum Gasteiger partial charge on any atom is -0.493 e. The molecule has 0 aliphatic rings. The molecule has 0 saturated carbocycles. The molecule has 0 atom stereocenters. The van der Waals surface area contributed by atoms with E-state index in [4.69, 9.17) is 0 Å². The van der Waals surface area contributed by atoms with Crippen LogP contribution in [0.3, 0.4) is 0 Å². The van der Waals surface area contributed by atoms with Crippen molar-refractivity contribution in [1.29, 1.82) is 0 Å². The van der Waals surface area contributed by atoms with E-state index in [1.54, 1.807) is 24.5 Å². The summed E-state index contributed by atoms with van der Waals surface area (Å²) in [6.07, 6.45) is 3.28. The van der Waals surface area contributed by atoms with Crippen molar-refractivity contribution in [2.45, 2.75) is 6.92 Å². The number of hydrogen-bond acceptors (Lipinski definition) is 4. The van der Waals surface area contributed by atoms with Gasteiger partial charge >= 0.3 is 0 Å². The second kappa shape index (κ2) is 4.53. The van der Waals surface area contributed by atoms with Crippen LogP contribution < -0.4 is 0 Å². The molecule has 1 aromatic carbocycles. The number of hydrogen-bond donors (Lipinski definition) is 2. The molecular weight excluding hydrogens is 240 g/mol. The SMILES string of the molecule is Cc1cccc2c(N=Nc3cccnc3)c(O)[nH]c12. The lowest BCUT2D eigenvalue weighted by Gasteiger charge is -1.94. The van der Waals surface area contributed by atoms with Gasteiger partial charge in [0.05, 0.1) is 11.7 Å². The normalized spacial score (nSPS) is 11.4. The van der Waals surface area contributed by atoms with Crippen LogP contribution in [-0.4, -0.2) is 15.1 Å². The smallest absolute Gasteiger partial charge is 0.218 e. The number of nitrogens with one attached hydrogen (secondary N) is 1. The lowest BCUT2D eigenvalue weighted by molar-refractivity contribution is 0.459. The summed E-state index contributed by atoms with van der Waals surface area (Å²) in [4.78, 5) is 6.88. The molecule has 0 unspecified atom stereocenters. The van der Waals surface area contributed by atoms with E-state index in [1.165, 1.54) is 0 Å². The predicted molar refractivity (Wildman–Crippen MR) is 73.1 cm³/mol. The van der Waals surface area contributed by atoms with Gasteiger partial charge in [0.25, 0.3) is 0 Å². The number of aromatic hydroxyl groups is 1. The zero-order valence-corrected chi connectivity index (χ0v) is 10.3. The fraction of sp³-hybridized carbons (Fsp3) is 0.0714. The Labute approximate surface area is 109 Å². The highest BCUT2D eigenvalue weighted by Crippen LogP contribution is 2.37. The van der Waals surface area contributed by atoms with Crippen molar-refractivity contribution in [2.75, 3.05) is 0 Å². The summed E-state index contributed by atoms with van der Waals surface area (Å²) in [5, 5.41) is 18.9. The van der Waals surface area contributed by atoms with Gasteiger partial charge in [-0.3, -0.25) is 4.98 Å². The van der Waals surface area contributed by atoms with E-state index < -0.39 is 0 Å². The Morgan fingerprint density at radius 2 is 2.05 bits per heavy atom. The largest absolute Gasteiger partial charge is 0.493 e. The number of aromatic nitrogens is 2. The minimum atomic E-state index is 0.0249. The van der Waals surface area contributed by atoms with Crippen LogP contribution in [-0.2, 0) is 0 Å². The van der Waals surface area contributed by atoms with Gasteiger partial charge in [0.2, 0.25) is 5.88 Å². The number of benzene rings is 1. The van der Waals surface area contributed by atoms with E-state index in [0.29, 0.717) is 11.4 Å². The Hall–Kier alpha value is -2.69. The summed E-state index contributed by atoms with van der Waals surface area (Å²) in [7, 11) is 0. The van der Waals surface area contributed by atoms with Gasteiger partial charge < -0.3 is 10.1 Å². The van der Waals surface area contributed by atoms with Crippen LogP contribution in [0.15, 0.2) is 53.0 Å². The van der Waals surface area contributed by atoms with E-state index in [0.717, 1.165) is 16.5 Å². The number of azo groups is 1. The highest BCUT2D eigenvalue weighted by Gasteiger charge is 2.11. The van der Waals surface area contributed by atoms with Crippen molar-refractivity contribution in [3.63, 3.8) is 0 Å². The highest BCUT2D eigenvalue weighted by molar-refractivity contribution is 5.95.